The van der Waals surface area contributed by atoms with Gasteiger partial charge in [0.2, 0.25) is 13.8 Å². The van der Waals surface area contributed by atoms with Crippen molar-refractivity contribution in [2.75, 3.05) is 26.4 Å². The lowest BCUT2D eigenvalue weighted by Crippen LogP contribution is -2.57. The van der Waals surface area contributed by atoms with Crippen molar-refractivity contribution in [2.45, 2.75) is 48.3 Å². The highest BCUT2D eigenvalue weighted by Gasteiger charge is 2.77. The Bertz CT molecular complexity index is 904. The van der Waals surface area contributed by atoms with Crippen LogP contribution in [-0.4, -0.2) is 43.7 Å². The van der Waals surface area contributed by atoms with Crippen molar-refractivity contribution < 1.29 is 35.6 Å². The van der Waals surface area contributed by atoms with E-state index in [4.69, 9.17) is 52.9 Å². The van der Waals surface area contributed by atoms with Gasteiger partial charge in [0.05, 0.1) is 31.3 Å². The second-order valence-corrected chi connectivity index (χ2v) is 14.9. The van der Waals surface area contributed by atoms with Crippen LogP contribution >= 0.6 is 50.0 Å². The first-order chi connectivity index (χ1) is 14.7. The van der Waals surface area contributed by atoms with Gasteiger partial charge in [-0.25, -0.2) is 8.42 Å². The summed E-state index contributed by atoms with van der Waals surface area (Å²) in [6, 6.07) is 5.61. The maximum Gasteiger partial charge on any atom is 0.368 e. The predicted octanol–water partition coefficient (Wildman–Crippen LogP) is 5.83. The number of hydrogen-bond acceptors (Lipinski definition) is 8. The number of halogens is 3. The molecule has 1 rings (SSSR count). The zero-order valence-electron chi connectivity index (χ0n) is 18.3. The van der Waals surface area contributed by atoms with Gasteiger partial charge in [0.1, 0.15) is 0 Å². The van der Waals surface area contributed by atoms with Crippen LogP contribution in [0.25, 0.3) is 0 Å². The molecule has 0 spiro atoms. The highest BCUT2D eigenvalue weighted by molar-refractivity contribution is 7.91. The van der Waals surface area contributed by atoms with E-state index in [1.54, 1.807) is 6.92 Å². The van der Waals surface area contributed by atoms with Crippen LogP contribution in [-0.2, 0) is 37.2 Å². The predicted molar refractivity (Wildman–Crippen MR) is 126 cm³/mol. The summed E-state index contributed by atoms with van der Waals surface area (Å²) >= 11 is 18.7. The SMILES string of the molecule is CCOP(=O)(OCC)C(NS(=O)(=O)c1ccc(C)cc1)(C(Cl)(Cl)Cl)P(=O)(OCC)OCC. The third kappa shape index (κ3) is 6.10. The second kappa shape index (κ2) is 11.8. The molecule has 0 aromatic heterocycles. The van der Waals surface area contributed by atoms with Crippen LogP contribution in [0.1, 0.15) is 33.3 Å². The lowest BCUT2D eigenvalue weighted by molar-refractivity contribution is 0.174. The number of hydrogen-bond donors (Lipinski definition) is 1. The zero-order chi connectivity index (χ0) is 24.8. The van der Waals surface area contributed by atoms with Crippen LogP contribution in [0.2, 0.25) is 0 Å². The Labute approximate surface area is 204 Å². The van der Waals surface area contributed by atoms with Gasteiger partial charge in [-0.2, -0.15) is 4.72 Å². The number of benzene rings is 1. The van der Waals surface area contributed by atoms with Crippen LogP contribution in [0.4, 0.5) is 0 Å². The molecule has 1 N–H and O–H groups in total. The molecular formula is C17H28Cl3NO8P2S. The monoisotopic (exact) mass is 573 g/mol. The number of nitrogens with one attached hydrogen (secondary N) is 1. The molecule has 186 valence electrons. The highest BCUT2D eigenvalue weighted by Crippen LogP contribution is 2.82. The van der Waals surface area contributed by atoms with Gasteiger partial charge in [0, 0.05) is 0 Å². The van der Waals surface area contributed by atoms with Crippen molar-refractivity contribution in [3.05, 3.63) is 29.8 Å². The standard InChI is InChI=1S/C17H28Cl3NO8P2S/c1-6-26-30(22,27-7-2)17(16(18,19)20,31(23,28-8-3)29-9-4)21-32(24,25)15-12-10-14(5)11-13-15/h10-13,21H,6-9H2,1-5H3. The van der Waals surface area contributed by atoms with E-state index in [1.807, 2.05) is 0 Å². The van der Waals surface area contributed by atoms with E-state index in [1.165, 1.54) is 52.0 Å². The fraction of sp³-hybridized carbons (Fsp3) is 0.647. The summed E-state index contributed by atoms with van der Waals surface area (Å²) in [5, 5.41) is -3.08. The van der Waals surface area contributed by atoms with Gasteiger partial charge in [-0.05, 0) is 46.8 Å². The summed E-state index contributed by atoms with van der Waals surface area (Å²) in [6.07, 6.45) is 0. The molecule has 0 bridgehead atoms. The fourth-order valence-corrected chi connectivity index (χ4v) is 12.4. The highest BCUT2D eigenvalue weighted by atomic mass is 35.6. The van der Waals surface area contributed by atoms with Crippen LogP contribution in [0.15, 0.2) is 29.2 Å². The van der Waals surface area contributed by atoms with Gasteiger partial charge < -0.3 is 18.1 Å². The summed E-state index contributed by atoms with van der Waals surface area (Å²) in [7, 11) is -14.4. The molecular weight excluding hydrogens is 547 g/mol. The molecule has 0 radical (unpaired) electrons. The van der Waals surface area contributed by atoms with E-state index in [-0.39, 0.29) is 31.3 Å². The summed E-state index contributed by atoms with van der Waals surface area (Å²) in [5.74, 6) is 0. The zero-order valence-corrected chi connectivity index (χ0v) is 23.2. The molecule has 9 nitrogen and oxygen atoms in total. The molecule has 0 heterocycles. The van der Waals surface area contributed by atoms with Crippen molar-refractivity contribution in [3.63, 3.8) is 0 Å². The lowest BCUT2D eigenvalue weighted by atomic mass is 10.2. The maximum absolute atomic E-state index is 14.1. The molecule has 0 saturated carbocycles. The first kappa shape index (κ1) is 30.3. The maximum atomic E-state index is 14.1. The Morgan fingerprint density at radius 2 is 1.16 bits per heavy atom. The normalized spacial score (nSPS) is 14.0. The molecule has 32 heavy (non-hydrogen) atoms. The molecule has 0 atom stereocenters. The molecule has 0 fully saturated rings. The van der Waals surface area contributed by atoms with E-state index in [2.05, 4.69) is 4.72 Å². The van der Waals surface area contributed by atoms with Crippen LogP contribution in [0, 0.1) is 6.92 Å². The van der Waals surface area contributed by atoms with Crippen molar-refractivity contribution in [1.82, 2.24) is 4.72 Å². The number of sulfonamides is 1. The van der Waals surface area contributed by atoms with E-state index < -0.39 is 34.0 Å². The molecule has 1 aromatic carbocycles. The summed E-state index contributed by atoms with van der Waals surface area (Å²) in [5.41, 5.74) is 0.778. The molecule has 0 aliphatic carbocycles. The summed E-state index contributed by atoms with van der Waals surface area (Å²) in [4.78, 5) is -0.277. The van der Waals surface area contributed by atoms with Crippen molar-refractivity contribution in [3.8, 4) is 0 Å². The molecule has 0 amide bonds. The Kier molecular flexibility index (Phi) is 11.2. The Hall–Kier alpha value is 0.300. The smallest absolute Gasteiger partial charge is 0.307 e. The van der Waals surface area contributed by atoms with Crippen LogP contribution < -0.4 is 4.72 Å². The minimum atomic E-state index is -4.89. The third-order valence-corrected chi connectivity index (χ3v) is 13.7. The average molecular weight is 575 g/mol. The largest absolute Gasteiger partial charge is 0.368 e. The van der Waals surface area contributed by atoms with Gasteiger partial charge in [-0.3, -0.25) is 9.13 Å². The lowest BCUT2D eigenvalue weighted by Gasteiger charge is -2.45. The van der Waals surface area contributed by atoms with Crippen molar-refractivity contribution >= 4 is 60.0 Å². The minimum absolute atomic E-state index is 0.260. The van der Waals surface area contributed by atoms with Crippen molar-refractivity contribution in [1.29, 1.82) is 0 Å². The average Bonchev–Trinajstić information content (AvgIpc) is 2.66. The van der Waals surface area contributed by atoms with Crippen LogP contribution in [0.3, 0.4) is 0 Å². The van der Waals surface area contributed by atoms with Crippen molar-refractivity contribution in [2.24, 2.45) is 0 Å². The first-order valence-corrected chi connectivity index (χ1v) is 15.4. The minimum Gasteiger partial charge on any atom is -0.307 e. The van der Waals surface area contributed by atoms with Crippen LogP contribution in [0.5, 0.6) is 0 Å². The van der Waals surface area contributed by atoms with Gasteiger partial charge in [0.15, 0.2) is 0 Å². The molecule has 1 aromatic rings. The van der Waals surface area contributed by atoms with Gasteiger partial charge in [-0.15, -0.1) is 0 Å². The van der Waals surface area contributed by atoms with Gasteiger partial charge in [-0.1, -0.05) is 52.5 Å². The van der Waals surface area contributed by atoms with Gasteiger partial charge >= 0.3 is 15.2 Å². The third-order valence-electron chi connectivity index (χ3n) is 3.99. The molecule has 0 saturated heterocycles. The van der Waals surface area contributed by atoms with E-state index in [9.17, 15) is 17.5 Å². The number of rotatable bonds is 13. The Balaban J connectivity index is 4.05. The van der Waals surface area contributed by atoms with E-state index in [0.29, 0.717) is 0 Å². The van der Waals surface area contributed by atoms with E-state index >= 15 is 0 Å². The quantitative estimate of drug-likeness (QED) is 0.231. The molecule has 15 heteroatoms. The fourth-order valence-electron chi connectivity index (χ4n) is 2.72. The summed E-state index contributed by atoms with van der Waals surface area (Å²) < 4.78 is 75.4. The molecule has 0 aliphatic rings. The van der Waals surface area contributed by atoms with Gasteiger partial charge in [0.25, 0.3) is 5.02 Å². The summed E-state index contributed by atoms with van der Waals surface area (Å²) in [6.45, 7) is 6.53. The molecule has 0 unspecified atom stereocenters. The van der Waals surface area contributed by atoms with E-state index in [0.717, 1.165) is 5.56 Å². The molecule has 0 aliphatic heterocycles. The number of alkyl halides is 3. The first-order valence-electron chi connectivity index (χ1n) is 9.66. The Morgan fingerprint density at radius 3 is 1.44 bits per heavy atom. The topological polar surface area (TPSA) is 117 Å². The second-order valence-electron chi connectivity index (χ2n) is 6.25. The number of aryl methyl sites for hydroxylation is 1. The Morgan fingerprint density at radius 1 is 0.812 bits per heavy atom.